The average molecular weight is 674 g/mol. The van der Waals surface area contributed by atoms with E-state index < -0.39 is 21.4 Å². The fraction of sp³-hybridized carbons (Fsp3) is 0.433. The van der Waals surface area contributed by atoms with Crippen LogP contribution in [0.4, 0.5) is 11.4 Å². The van der Waals surface area contributed by atoms with Gasteiger partial charge in [0.1, 0.15) is 11.1 Å². The topological polar surface area (TPSA) is 69.7 Å². The highest BCUT2D eigenvalue weighted by atomic mass is 35.5. The van der Waals surface area contributed by atoms with E-state index in [1.54, 1.807) is 6.07 Å². The molecule has 1 aliphatic carbocycles. The molecule has 12 heteroatoms. The van der Waals surface area contributed by atoms with Crippen LogP contribution in [0.1, 0.15) is 58.7 Å². The standard InChI is InChI=1S/C30H34Cl4N4O3S/c1-4-7-8-14-37-25-16-20(32)19(31)15-24(25)35(5-2)29(37)10-9-11-30-36(6-3)26-17-21(33)22(34)18-27(26)38(30)23-12-13-28(23)42(39,40)41/h9-11,15-18,23,28H,4-8,12-14H2,1-3H3/p+1. The van der Waals surface area contributed by atoms with Crippen LogP contribution in [0.25, 0.3) is 17.1 Å². The molecule has 5 rings (SSSR count). The number of halogens is 4. The summed E-state index contributed by atoms with van der Waals surface area (Å²) in [6.45, 7) is 8.50. The van der Waals surface area contributed by atoms with Crippen LogP contribution in [0.3, 0.4) is 0 Å². The molecule has 0 amide bonds. The van der Waals surface area contributed by atoms with Gasteiger partial charge in [0.05, 0.1) is 50.6 Å². The fourth-order valence-corrected chi connectivity index (χ4v) is 7.82. The van der Waals surface area contributed by atoms with E-state index in [0.717, 1.165) is 66.4 Å². The normalized spacial score (nSPS) is 19.9. The van der Waals surface area contributed by atoms with Gasteiger partial charge in [-0.1, -0.05) is 65.8 Å². The molecule has 226 valence electrons. The van der Waals surface area contributed by atoms with Gasteiger partial charge in [0.25, 0.3) is 15.9 Å². The molecule has 2 heterocycles. The number of aryl methyl sites for hydroxylation is 2. The van der Waals surface area contributed by atoms with Crippen LogP contribution in [0.15, 0.2) is 42.2 Å². The predicted molar refractivity (Wildman–Crippen MR) is 175 cm³/mol. The second-order valence-electron chi connectivity index (χ2n) is 10.7. The lowest BCUT2D eigenvalue weighted by atomic mass is 9.90. The molecule has 1 saturated carbocycles. The van der Waals surface area contributed by atoms with E-state index >= 15 is 0 Å². The van der Waals surface area contributed by atoms with Gasteiger partial charge in [-0.05, 0) is 57.7 Å². The van der Waals surface area contributed by atoms with Gasteiger partial charge in [0.2, 0.25) is 0 Å². The van der Waals surface area contributed by atoms with Crippen LogP contribution in [-0.2, 0) is 23.2 Å². The summed E-state index contributed by atoms with van der Waals surface area (Å²) in [5, 5.41) is 0.946. The molecule has 7 nitrogen and oxygen atoms in total. The Balaban J connectivity index is 1.63. The van der Waals surface area contributed by atoms with Crippen LogP contribution in [0.2, 0.25) is 20.1 Å². The molecule has 2 aromatic carbocycles. The molecule has 0 spiro atoms. The van der Waals surface area contributed by atoms with Crippen LogP contribution < -0.4 is 14.4 Å². The summed E-state index contributed by atoms with van der Waals surface area (Å²) in [4.78, 5) is 4.07. The first kappa shape index (κ1) is 31.5. The maximum Gasteiger partial charge on any atom is 0.282 e. The number of fused-ring (bicyclic) bond motifs is 2. The lowest BCUT2D eigenvalue weighted by molar-refractivity contribution is -0.674. The Bertz CT molecular complexity index is 1690. The number of imidazole rings is 1. The van der Waals surface area contributed by atoms with Crippen molar-refractivity contribution in [3.8, 4) is 0 Å². The Morgan fingerprint density at radius 1 is 0.929 bits per heavy atom. The molecule has 1 aliphatic heterocycles. The first-order chi connectivity index (χ1) is 20.0. The van der Waals surface area contributed by atoms with Crippen molar-refractivity contribution in [1.29, 1.82) is 0 Å². The molecule has 42 heavy (non-hydrogen) atoms. The fourth-order valence-electron chi connectivity index (χ4n) is 6.10. The summed E-state index contributed by atoms with van der Waals surface area (Å²) in [6, 6.07) is 7.00. The molecular weight excluding hydrogens is 638 g/mol. The van der Waals surface area contributed by atoms with Crippen molar-refractivity contribution in [1.82, 2.24) is 4.57 Å². The minimum Gasteiger partial charge on any atom is -0.326 e. The van der Waals surface area contributed by atoms with Crippen molar-refractivity contribution in [3.63, 3.8) is 0 Å². The number of anilines is 2. The second kappa shape index (κ2) is 12.6. The maximum absolute atomic E-state index is 12.2. The Morgan fingerprint density at radius 3 is 2.19 bits per heavy atom. The minimum absolute atomic E-state index is 0.383. The van der Waals surface area contributed by atoms with Crippen molar-refractivity contribution in [2.24, 2.45) is 0 Å². The summed E-state index contributed by atoms with van der Waals surface area (Å²) < 4.78 is 38.9. The Morgan fingerprint density at radius 2 is 1.60 bits per heavy atom. The molecule has 3 aromatic rings. The molecule has 2 atom stereocenters. The van der Waals surface area contributed by atoms with Gasteiger partial charge in [-0.3, -0.25) is 4.55 Å². The Kier molecular flexibility index (Phi) is 9.43. The highest BCUT2D eigenvalue weighted by Gasteiger charge is 2.48. The number of hydrogen-bond donors (Lipinski definition) is 1. The molecule has 1 fully saturated rings. The smallest absolute Gasteiger partial charge is 0.282 e. The number of aromatic nitrogens is 2. The van der Waals surface area contributed by atoms with E-state index in [1.807, 2.05) is 42.2 Å². The van der Waals surface area contributed by atoms with E-state index in [-0.39, 0.29) is 0 Å². The van der Waals surface area contributed by atoms with E-state index in [9.17, 15) is 13.0 Å². The largest absolute Gasteiger partial charge is 0.326 e. The number of allylic oxidation sites excluding steroid dienone is 2. The number of nitrogens with zero attached hydrogens (tertiary/aromatic N) is 4. The van der Waals surface area contributed by atoms with Crippen LogP contribution in [0, 0.1) is 0 Å². The molecule has 1 N–H and O–H groups in total. The van der Waals surface area contributed by atoms with E-state index in [0.29, 0.717) is 39.5 Å². The van der Waals surface area contributed by atoms with Gasteiger partial charge in [0, 0.05) is 24.8 Å². The molecule has 0 bridgehead atoms. The molecule has 2 aliphatic rings. The number of hydrogen-bond acceptors (Lipinski definition) is 4. The van der Waals surface area contributed by atoms with E-state index in [2.05, 4.69) is 34.0 Å². The predicted octanol–water partition coefficient (Wildman–Crippen LogP) is 8.37. The summed E-state index contributed by atoms with van der Waals surface area (Å²) >= 11 is 25.7. The van der Waals surface area contributed by atoms with Crippen molar-refractivity contribution in [3.05, 3.63) is 68.2 Å². The highest BCUT2D eigenvalue weighted by Crippen LogP contribution is 2.49. The zero-order valence-corrected chi connectivity index (χ0v) is 27.7. The summed E-state index contributed by atoms with van der Waals surface area (Å²) in [5.41, 5.74) is 3.64. The first-order valence-corrected chi connectivity index (χ1v) is 17.3. The van der Waals surface area contributed by atoms with E-state index in [4.69, 9.17) is 46.4 Å². The monoisotopic (exact) mass is 671 g/mol. The van der Waals surface area contributed by atoms with Gasteiger partial charge in [-0.15, -0.1) is 0 Å². The second-order valence-corrected chi connectivity index (χ2v) is 13.9. The number of benzene rings is 2. The van der Waals surface area contributed by atoms with Crippen LogP contribution in [-0.4, -0.2) is 35.4 Å². The van der Waals surface area contributed by atoms with Crippen molar-refractivity contribution >= 4 is 85.0 Å². The highest BCUT2D eigenvalue weighted by molar-refractivity contribution is 7.86. The van der Waals surface area contributed by atoms with Crippen molar-refractivity contribution in [2.45, 2.75) is 77.3 Å². The number of unbranched alkanes of at least 4 members (excludes halogenated alkanes) is 2. The summed E-state index contributed by atoms with van der Waals surface area (Å²) in [7, 11) is -4.23. The van der Waals surface area contributed by atoms with Gasteiger partial charge >= 0.3 is 0 Å². The minimum atomic E-state index is -4.23. The SMILES string of the molecule is CCCCC[n+]1c(C=CC=C2N(CC)c3cc(Cl)c(Cl)cc3N2C2CCC2S(=O)(=O)O)n(CC)c2cc(Cl)c(Cl)cc21. The Hall–Kier alpha value is -1.94. The van der Waals surface area contributed by atoms with Crippen LogP contribution >= 0.6 is 46.4 Å². The molecule has 2 unspecified atom stereocenters. The average Bonchev–Trinajstić information content (AvgIpc) is 3.34. The lowest BCUT2D eigenvalue weighted by Crippen LogP contribution is -2.53. The zero-order valence-electron chi connectivity index (χ0n) is 23.8. The van der Waals surface area contributed by atoms with Gasteiger partial charge in [0.15, 0.2) is 11.0 Å². The summed E-state index contributed by atoms with van der Waals surface area (Å²) in [6.07, 6.45) is 10.3. The zero-order chi connectivity index (χ0) is 30.3. The molecular formula is C30H35Cl4N4O3S+. The van der Waals surface area contributed by atoms with Crippen molar-refractivity contribution < 1.29 is 17.5 Å². The van der Waals surface area contributed by atoms with Crippen LogP contribution in [0.5, 0.6) is 0 Å². The Labute approximate surface area is 267 Å². The van der Waals surface area contributed by atoms with E-state index in [1.165, 1.54) is 0 Å². The first-order valence-electron chi connectivity index (χ1n) is 14.3. The van der Waals surface area contributed by atoms with Gasteiger partial charge < -0.3 is 9.80 Å². The molecule has 0 radical (unpaired) electrons. The van der Waals surface area contributed by atoms with Gasteiger partial charge in [-0.2, -0.15) is 8.42 Å². The quantitative estimate of drug-likeness (QED) is 0.133. The summed E-state index contributed by atoms with van der Waals surface area (Å²) in [5.74, 6) is 1.80. The van der Waals surface area contributed by atoms with Crippen molar-refractivity contribution in [2.75, 3.05) is 16.3 Å². The molecule has 1 aromatic heterocycles. The third kappa shape index (κ3) is 5.66. The van der Waals surface area contributed by atoms with Gasteiger partial charge in [-0.25, -0.2) is 9.13 Å². The molecule has 0 saturated heterocycles. The third-order valence-electron chi connectivity index (χ3n) is 8.24. The maximum atomic E-state index is 12.2. The third-order valence-corrected chi connectivity index (χ3v) is 11.0. The number of rotatable bonds is 10. The lowest BCUT2D eigenvalue weighted by Gasteiger charge is -2.42.